The summed E-state index contributed by atoms with van der Waals surface area (Å²) < 4.78 is 8.08. The molecule has 2 rings (SSSR count). The summed E-state index contributed by atoms with van der Waals surface area (Å²) in [5.41, 5.74) is -0.571. The lowest BCUT2D eigenvalue weighted by Gasteiger charge is -2.14. The van der Waals surface area contributed by atoms with Gasteiger partial charge in [0.1, 0.15) is 0 Å². The Morgan fingerprint density at radius 1 is 1.50 bits per heavy atom. The summed E-state index contributed by atoms with van der Waals surface area (Å²) in [6.07, 6.45) is 1.62. The van der Waals surface area contributed by atoms with Gasteiger partial charge >= 0.3 is 5.69 Å². The Morgan fingerprint density at radius 3 is 2.92 bits per heavy atom. The van der Waals surface area contributed by atoms with Crippen LogP contribution in [0.3, 0.4) is 0 Å². The number of nitrogens with one attached hydrogen (secondary N) is 2. The number of nitrogens with zero attached hydrogens (tertiary/aromatic N) is 3. The van der Waals surface area contributed by atoms with E-state index < -0.39 is 17.4 Å². The average Bonchev–Trinajstić information content (AvgIpc) is 2.90. The molecule has 0 aromatic carbocycles. The Bertz CT molecular complexity index is 820. The van der Waals surface area contributed by atoms with Crippen molar-refractivity contribution >= 4 is 17.1 Å². The fraction of sp³-hybridized carbons (Fsp3) is 0.533. The first-order valence-corrected chi connectivity index (χ1v) is 7.79. The van der Waals surface area contributed by atoms with Gasteiger partial charge in [0.2, 0.25) is 5.95 Å². The van der Waals surface area contributed by atoms with E-state index in [1.807, 2.05) is 6.92 Å². The standard InChI is InChI=1S/C15H23N5O4/c1-4-6-16-14-17-12-11(13(22)18-15(23)19(12)3)20(14)8-10(21)9-24-7-5-2/h5,10,21H,2,4,6-9H2,1,3H3,(H,16,17)(H,18,22,23)/t10-/m0/s1. The second kappa shape index (κ2) is 7.93. The highest BCUT2D eigenvalue weighted by Crippen LogP contribution is 2.16. The third kappa shape index (κ3) is 3.74. The molecule has 2 heterocycles. The molecule has 3 N–H and O–H groups in total. The monoisotopic (exact) mass is 337 g/mol. The molecule has 1 atom stereocenters. The third-order valence-corrected chi connectivity index (χ3v) is 3.48. The van der Waals surface area contributed by atoms with Gasteiger partial charge < -0.3 is 19.7 Å². The van der Waals surface area contributed by atoms with E-state index in [0.717, 1.165) is 6.42 Å². The Kier molecular flexibility index (Phi) is 5.93. The Balaban J connectivity index is 2.44. The number of aliphatic hydroxyl groups is 1. The minimum Gasteiger partial charge on any atom is -0.389 e. The lowest BCUT2D eigenvalue weighted by molar-refractivity contribution is 0.0405. The molecule has 0 radical (unpaired) electrons. The lowest BCUT2D eigenvalue weighted by Crippen LogP contribution is -2.30. The van der Waals surface area contributed by atoms with E-state index in [1.54, 1.807) is 10.6 Å². The van der Waals surface area contributed by atoms with Crippen LogP contribution in [0.15, 0.2) is 22.2 Å². The maximum atomic E-state index is 12.2. The molecule has 0 saturated heterocycles. The number of H-pyrrole nitrogens is 1. The van der Waals surface area contributed by atoms with E-state index in [-0.39, 0.29) is 24.3 Å². The number of aromatic nitrogens is 4. The number of anilines is 1. The van der Waals surface area contributed by atoms with Gasteiger partial charge in [-0.25, -0.2) is 4.79 Å². The van der Waals surface area contributed by atoms with Gasteiger partial charge in [0.15, 0.2) is 11.2 Å². The molecule has 132 valence electrons. The fourth-order valence-electron chi connectivity index (χ4n) is 2.33. The average molecular weight is 337 g/mol. The predicted molar refractivity (Wildman–Crippen MR) is 91.4 cm³/mol. The molecule has 0 aliphatic carbocycles. The highest BCUT2D eigenvalue weighted by molar-refractivity contribution is 5.74. The molecule has 2 aromatic heterocycles. The molecule has 9 nitrogen and oxygen atoms in total. The van der Waals surface area contributed by atoms with Crippen molar-refractivity contribution in [1.82, 2.24) is 19.1 Å². The second-order valence-electron chi connectivity index (χ2n) is 5.44. The Morgan fingerprint density at radius 2 is 2.25 bits per heavy atom. The van der Waals surface area contributed by atoms with E-state index in [0.29, 0.717) is 19.1 Å². The lowest BCUT2D eigenvalue weighted by atomic mass is 10.3. The van der Waals surface area contributed by atoms with E-state index in [4.69, 9.17) is 4.74 Å². The maximum Gasteiger partial charge on any atom is 0.329 e. The molecular weight excluding hydrogens is 314 g/mol. The molecule has 0 unspecified atom stereocenters. The van der Waals surface area contributed by atoms with Gasteiger partial charge in [-0.05, 0) is 6.42 Å². The summed E-state index contributed by atoms with van der Waals surface area (Å²) in [7, 11) is 1.53. The van der Waals surface area contributed by atoms with Crippen LogP contribution in [0, 0.1) is 0 Å². The van der Waals surface area contributed by atoms with Crippen molar-refractivity contribution in [3.05, 3.63) is 33.5 Å². The predicted octanol–water partition coefficient (Wildman–Crippen LogP) is -0.191. The summed E-state index contributed by atoms with van der Waals surface area (Å²) in [5, 5.41) is 13.3. The van der Waals surface area contributed by atoms with Crippen molar-refractivity contribution in [1.29, 1.82) is 0 Å². The van der Waals surface area contributed by atoms with E-state index >= 15 is 0 Å². The van der Waals surface area contributed by atoms with Gasteiger partial charge in [-0.3, -0.25) is 14.3 Å². The van der Waals surface area contributed by atoms with E-state index in [9.17, 15) is 14.7 Å². The summed E-state index contributed by atoms with van der Waals surface area (Å²) in [4.78, 5) is 30.6. The largest absolute Gasteiger partial charge is 0.389 e. The van der Waals surface area contributed by atoms with Crippen molar-refractivity contribution in [3.8, 4) is 0 Å². The zero-order valence-corrected chi connectivity index (χ0v) is 13.9. The Hall–Kier alpha value is -2.39. The van der Waals surface area contributed by atoms with Gasteiger partial charge in [-0.2, -0.15) is 4.98 Å². The van der Waals surface area contributed by atoms with Gasteiger partial charge in [0.25, 0.3) is 5.56 Å². The number of aromatic amines is 1. The van der Waals surface area contributed by atoms with Crippen LogP contribution in [0.25, 0.3) is 11.2 Å². The number of fused-ring (bicyclic) bond motifs is 1. The maximum absolute atomic E-state index is 12.2. The zero-order chi connectivity index (χ0) is 17.7. The molecule has 0 amide bonds. The molecule has 0 bridgehead atoms. The first-order valence-electron chi connectivity index (χ1n) is 7.79. The minimum absolute atomic E-state index is 0.0998. The molecule has 0 fully saturated rings. The molecular formula is C15H23N5O4. The molecule has 24 heavy (non-hydrogen) atoms. The van der Waals surface area contributed by atoms with E-state index in [2.05, 4.69) is 21.9 Å². The smallest absolute Gasteiger partial charge is 0.329 e. The molecule has 0 aliphatic rings. The van der Waals surface area contributed by atoms with Crippen molar-refractivity contribution in [2.75, 3.05) is 25.1 Å². The van der Waals surface area contributed by atoms with Crippen LogP contribution in [-0.4, -0.2) is 50.1 Å². The van der Waals surface area contributed by atoms with Crippen LogP contribution in [-0.2, 0) is 18.3 Å². The van der Waals surface area contributed by atoms with Crippen molar-refractivity contribution in [2.24, 2.45) is 7.05 Å². The van der Waals surface area contributed by atoms with Gasteiger partial charge in [0, 0.05) is 13.6 Å². The van der Waals surface area contributed by atoms with Crippen LogP contribution >= 0.6 is 0 Å². The number of ether oxygens (including phenoxy) is 1. The number of imidazole rings is 1. The molecule has 0 saturated carbocycles. The first-order chi connectivity index (χ1) is 11.5. The Labute approximate surface area is 138 Å². The number of hydrogen-bond donors (Lipinski definition) is 3. The highest BCUT2D eigenvalue weighted by atomic mass is 16.5. The number of aryl methyl sites for hydroxylation is 1. The van der Waals surface area contributed by atoms with Crippen molar-refractivity contribution in [3.63, 3.8) is 0 Å². The number of aliphatic hydroxyl groups excluding tert-OH is 1. The van der Waals surface area contributed by atoms with Crippen LogP contribution in [0.2, 0.25) is 0 Å². The molecule has 0 spiro atoms. The van der Waals surface area contributed by atoms with Crippen LogP contribution in [0.5, 0.6) is 0 Å². The van der Waals surface area contributed by atoms with Gasteiger partial charge in [-0.1, -0.05) is 13.0 Å². The zero-order valence-electron chi connectivity index (χ0n) is 13.9. The molecule has 9 heteroatoms. The first kappa shape index (κ1) is 18.0. The van der Waals surface area contributed by atoms with Gasteiger partial charge in [0.05, 0.1) is 25.9 Å². The molecule has 2 aromatic rings. The molecule has 0 aliphatic heterocycles. The van der Waals surface area contributed by atoms with Crippen LogP contribution in [0.4, 0.5) is 5.95 Å². The number of rotatable bonds is 9. The van der Waals surface area contributed by atoms with Crippen molar-refractivity contribution in [2.45, 2.75) is 26.0 Å². The van der Waals surface area contributed by atoms with Gasteiger partial charge in [-0.15, -0.1) is 6.58 Å². The topological polar surface area (TPSA) is 114 Å². The van der Waals surface area contributed by atoms with Crippen LogP contribution < -0.4 is 16.6 Å². The van der Waals surface area contributed by atoms with Crippen molar-refractivity contribution < 1.29 is 9.84 Å². The quantitative estimate of drug-likeness (QED) is 0.432. The SMILES string of the molecule is C=CCOC[C@@H](O)Cn1c(NCCC)nc2c1c(=O)[nH]c(=O)n2C. The minimum atomic E-state index is -0.832. The number of hydrogen-bond acceptors (Lipinski definition) is 6. The summed E-state index contributed by atoms with van der Waals surface area (Å²) in [6, 6.07) is 0. The van der Waals surface area contributed by atoms with E-state index in [1.165, 1.54) is 11.6 Å². The summed E-state index contributed by atoms with van der Waals surface area (Å²) in [6.45, 7) is 6.74. The summed E-state index contributed by atoms with van der Waals surface area (Å²) in [5.74, 6) is 0.432. The fourth-order valence-corrected chi connectivity index (χ4v) is 2.33. The summed E-state index contributed by atoms with van der Waals surface area (Å²) >= 11 is 0. The third-order valence-electron chi connectivity index (χ3n) is 3.48. The van der Waals surface area contributed by atoms with Crippen LogP contribution in [0.1, 0.15) is 13.3 Å². The second-order valence-corrected chi connectivity index (χ2v) is 5.44. The normalized spacial score (nSPS) is 12.5. The highest BCUT2D eigenvalue weighted by Gasteiger charge is 2.19.